The zero-order valence-electron chi connectivity index (χ0n) is 20.9. The van der Waals surface area contributed by atoms with E-state index < -0.39 is 0 Å². The summed E-state index contributed by atoms with van der Waals surface area (Å²) in [5, 5.41) is 0. The van der Waals surface area contributed by atoms with Crippen LogP contribution in [0.2, 0.25) is 0 Å². The van der Waals surface area contributed by atoms with E-state index in [-0.39, 0.29) is 5.41 Å². The van der Waals surface area contributed by atoms with Gasteiger partial charge in [0.15, 0.2) is 0 Å². The van der Waals surface area contributed by atoms with Crippen molar-refractivity contribution in [3.63, 3.8) is 0 Å². The lowest BCUT2D eigenvalue weighted by Crippen LogP contribution is -2.22. The van der Waals surface area contributed by atoms with Crippen LogP contribution < -0.4 is 0 Å². The smallest absolute Gasteiger partial charge is 0.0335 e. The second-order valence-corrected chi connectivity index (χ2v) is 8.65. The molecule has 0 unspecified atom stereocenters. The van der Waals surface area contributed by atoms with Crippen molar-refractivity contribution < 1.29 is 0 Å². The summed E-state index contributed by atoms with van der Waals surface area (Å²) >= 11 is 0. The van der Waals surface area contributed by atoms with Crippen molar-refractivity contribution in [2.45, 2.75) is 39.0 Å². The van der Waals surface area contributed by atoms with Gasteiger partial charge in [-0.3, -0.25) is 0 Å². The van der Waals surface area contributed by atoms with E-state index in [9.17, 15) is 0 Å². The highest BCUT2D eigenvalue weighted by molar-refractivity contribution is 5.68. The molecule has 0 heterocycles. The molecule has 1 heteroatoms. The van der Waals surface area contributed by atoms with Crippen LogP contribution in [0, 0.1) is 5.92 Å². The Balaban J connectivity index is 0.000000299. The summed E-state index contributed by atoms with van der Waals surface area (Å²) in [6.07, 6.45) is 14.6. The molecule has 1 nitrogen and oxygen atoms in total. The lowest BCUT2D eigenvalue weighted by Gasteiger charge is -2.28. The molecule has 0 aromatic heterocycles. The van der Waals surface area contributed by atoms with E-state index in [1.54, 1.807) is 0 Å². The Labute approximate surface area is 201 Å². The van der Waals surface area contributed by atoms with Gasteiger partial charge < -0.3 is 4.90 Å². The first-order valence-electron chi connectivity index (χ1n) is 11.6. The van der Waals surface area contributed by atoms with E-state index >= 15 is 0 Å². The Morgan fingerprint density at radius 2 is 1.58 bits per heavy atom. The van der Waals surface area contributed by atoms with Gasteiger partial charge in [0.1, 0.15) is 0 Å². The normalized spacial score (nSPS) is 13.6. The SMILES string of the molecule is C=C(C)N(C)/C(C)=C/C=C\C.C=Cc1cccc(-c2cccc(C(C=C)(C=C)C3CC3)c2)c1. The zero-order chi connectivity index (χ0) is 24.4. The molecule has 0 amide bonds. The fourth-order valence-corrected chi connectivity index (χ4v) is 3.91. The van der Waals surface area contributed by atoms with Crippen molar-refractivity contribution in [1.82, 2.24) is 4.90 Å². The summed E-state index contributed by atoms with van der Waals surface area (Å²) in [6, 6.07) is 17.2. The van der Waals surface area contributed by atoms with Crippen LogP contribution in [0.1, 0.15) is 44.7 Å². The van der Waals surface area contributed by atoms with Gasteiger partial charge in [-0.2, -0.15) is 0 Å². The van der Waals surface area contributed by atoms with Crippen LogP contribution >= 0.6 is 0 Å². The van der Waals surface area contributed by atoms with Crippen LogP contribution in [0.15, 0.2) is 117 Å². The first-order chi connectivity index (χ1) is 15.8. The van der Waals surface area contributed by atoms with Gasteiger partial charge in [0, 0.05) is 23.9 Å². The molecular formula is C32H39N. The lowest BCUT2D eigenvalue weighted by atomic mass is 9.75. The molecule has 1 aliphatic carbocycles. The molecule has 1 saturated carbocycles. The number of allylic oxidation sites excluding steroid dienone is 7. The summed E-state index contributed by atoms with van der Waals surface area (Å²) in [4.78, 5) is 2.06. The Kier molecular flexibility index (Phi) is 9.48. The van der Waals surface area contributed by atoms with Gasteiger partial charge in [0.25, 0.3) is 0 Å². The molecule has 0 aliphatic heterocycles. The topological polar surface area (TPSA) is 3.24 Å². The van der Waals surface area contributed by atoms with Gasteiger partial charge in [0.2, 0.25) is 0 Å². The van der Waals surface area contributed by atoms with Crippen molar-refractivity contribution in [3.05, 3.63) is 128 Å². The largest absolute Gasteiger partial charge is 0.353 e. The molecule has 0 N–H and O–H groups in total. The number of nitrogens with zero attached hydrogens (tertiary/aromatic N) is 1. The van der Waals surface area contributed by atoms with Gasteiger partial charge in [0.05, 0.1) is 0 Å². The van der Waals surface area contributed by atoms with Crippen molar-refractivity contribution in [2.75, 3.05) is 7.05 Å². The van der Waals surface area contributed by atoms with Gasteiger partial charge in [-0.15, -0.1) is 13.2 Å². The number of benzene rings is 2. The predicted octanol–water partition coefficient (Wildman–Crippen LogP) is 8.95. The highest BCUT2D eigenvalue weighted by Gasteiger charge is 2.42. The van der Waals surface area contributed by atoms with Crippen molar-refractivity contribution >= 4 is 6.08 Å². The van der Waals surface area contributed by atoms with Gasteiger partial charge in [-0.05, 0) is 80.0 Å². The summed E-state index contributed by atoms with van der Waals surface area (Å²) in [5.74, 6) is 0.650. The Hall–Kier alpha value is -3.32. The van der Waals surface area contributed by atoms with E-state index in [0.29, 0.717) is 5.92 Å². The second kappa shape index (κ2) is 12.1. The molecule has 1 aliphatic rings. The summed E-state index contributed by atoms with van der Waals surface area (Å²) in [5.41, 5.74) is 7.06. The molecular weight excluding hydrogens is 398 g/mol. The molecule has 2 aromatic carbocycles. The molecule has 172 valence electrons. The fraction of sp³-hybridized carbons (Fsp3) is 0.250. The summed E-state index contributed by atoms with van der Waals surface area (Å²) in [7, 11) is 2.01. The third-order valence-electron chi connectivity index (χ3n) is 6.38. The average molecular weight is 438 g/mol. The van der Waals surface area contributed by atoms with E-state index in [1.807, 2.05) is 39.1 Å². The first kappa shape index (κ1) is 25.9. The Morgan fingerprint density at radius 3 is 2.09 bits per heavy atom. The summed E-state index contributed by atoms with van der Waals surface area (Å²) < 4.78 is 0. The predicted molar refractivity (Wildman–Crippen MR) is 148 cm³/mol. The average Bonchev–Trinajstić information content (AvgIpc) is 3.70. The van der Waals surface area contributed by atoms with Crippen molar-refractivity contribution in [3.8, 4) is 11.1 Å². The van der Waals surface area contributed by atoms with Gasteiger partial charge in [-0.25, -0.2) is 0 Å². The third kappa shape index (κ3) is 6.58. The molecule has 33 heavy (non-hydrogen) atoms. The van der Waals surface area contributed by atoms with Crippen LogP contribution in [0.4, 0.5) is 0 Å². The maximum absolute atomic E-state index is 4.09. The number of hydrogen-bond donors (Lipinski definition) is 0. The molecule has 0 saturated heterocycles. The van der Waals surface area contributed by atoms with Gasteiger partial charge in [-0.1, -0.05) is 79.9 Å². The molecule has 0 spiro atoms. The van der Waals surface area contributed by atoms with Crippen LogP contribution in [-0.2, 0) is 5.41 Å². The first-order valence-corrected chi connectivity index (χ1v) is 11.6. The van der Waals surface area contributed by atoms with E-state index in [4.69, 9.17) is 0 Å². The number of hydrogen-bond acceptors (Lipinski definition) is 1. The Morgan fingerprint density at radius 1 is 0.970 bits per heavy atom. The standard InChI is InChI=1S/C22H22.C10H17N/c1-4-17-9-7-10-18(15-17)19-11-8-12-21(16-19)22(5-2,6-3)20-13-14-20;1-6-7-8-10(4)11(5)9(2)3/h4-12,15-16,20H,1-3,13-14H2;6-8H,2H2,1,3-5H3/b;7-6-,10-8+. The van der Waals surface area contributed by atoms with Crippen LogP contribution in [0.3, 0.4) is 0 Å². The molecule has 0 radical (unpaired) electrons. The highest BCUT2D eigenvalue weighted by atomic mass is 15.1. The molecule has 0 atom stereocenters. The minimum atomic E-state index is -0.0912. The maximum atomic E-state index is 4.09. The minimum Gasteiger partial charge on any atom is -0.353 e. The molecule has 0 bridgehead atoms. The lowest BCUT2D eigenvalue weighted by molar-refractivity contribution is 0.524. The zero-order valence-corrected chi connectivity index (χ0v) is 20.9. The molecule has 2 aromatic rings. The monoisotopic (exact) mass is 437 g/mol. The number of rotatable bonds is 9. The Bertz CT molecular complexity index is 1040. The van der Waals surface area contributed by atoms with Gasteiger partial charge >= 0.3 is 0 Å². The van der Waals surface area contributed by atoms with E-state index in [0.717, 1.165) is 11.3 Å². The van der Waals surface area contributed by atoms with E-state index in [1.165, 1.54) is 35.2 Å². The third-order valence-corrected chi connectivity index (χ3v) is 6.38. The second-order valence-electron chi connectivity index (χ2n) is 8.65. The molecule has 3 rings (SSSR count). The van der Waals surface area contributed by atoms with Crippen molar-refractivity contribution in [1.29, 1.82) is 0 Å². The fourth-order valence-electron chi connectivity index (χ4n) is 3.91. The van der Waals surface area contributed by atoms with E-state index in [2.05, 4.69) is 105 Å². The minimum absolute atomic E-state index is 0.0912. The maximum Gasteiger partial charge on any atom is 0.0335 e. The van der Waals surface area contributed by atoms with Crippen LogP contribution in [0.25, 0.3) is 17.2 Å². The van der Waals surface area contributed by atoms with Crippen molar-refractivity contribution in [2.24, 2.45) is 5.92 Å². The summed E-state index contributed by atoms with van der Waals surface area (Å²) in [6.45, 7) is 21.9. The van der Waals surface area contributed by atoms with Crippen LogP contribution in [0.5, 0.6) is 0 Å². The molecule has 1 fully saturated rings. The quantitative estimate of drug-likeness (QED) is 0.279. The highest BCUT2D eigenvalue weighted by Crippen LogP contribution is 2.49. The van der Waals surface area contributed by atoms with Crippen LogP contribution in [-0.4, -0.2) is 11.9 Å².